The van der Waals surface area contributed by atoms with E-state index < -0.39 is 11.1 Å². The number of rotatable bonds is 6. The Morgan fingerprint density at radius 1 is 1.12 bits per heavy atom. The van der Waals surface area contributed by atoms with Crippen LogP contribution < -0.4 is 4.74 Å². The highest BCUT2D eigenvalue weighted by atomic mass is 127. The molecule has 0 unspecified atom stereocenters. The number of hydrogen-bond donors (Lipinski definition) is 0. The van der Waals surface area contributed by atoms with Crippen LogP contribution in [0.4, 0.5) is 4.79 Å². The lowest BCUT2D eigenvalue weighted by Gasteiger charge is -2.31. The maximum Gasteiger partial charge on any atom is 0.294 e. The van der Waals surface area contributed by atoms with E-state index in [2.05, 4.69) is 52.1 Å². The fourth-order valence-electron chi connectivity index (χ4n) is 3.81. The van der Waals surface area contributed by atoms with Crippen molar-refractivity contribution in [1.82, 2.24) is 9.80 Å². The number of carbonyl (C=O) groups is 3. The molecule has 0 aromatic heterocycles. The van der Waals surface area contributed by atoms with E-state index >= 15 is 0 Å². The van der Waals surface area contributed by atoms with Crippen molar-refractivity contribution in [2.75, 3.05) is 19.6 Å². The van der Waals surface area contributed by atoms with E-state index in [1.807, 2.05) is 42.5 Å². The lowest BCUT2D eigenvalue weighted by atomic mass is 9.99. The first-order valence-electron chi connectivity index (χ1n) is 11.0. The number of nitrogens with zero attached hydrogens (tertiary/aromatic N) is 2. The second-order valence-electron chi connectivity index (χ2n) is 8.42. The molecular formula is C25H24I2N2O4S. The Kier molecular flexibility index (Phi) is 8.57. The van der Waals surface area contributed by atoms with E-state index in [0.29, 0.717) is 30.5 Å². The Hall–Kier alpha value is -1.60. The van der Waals surface area contributed by atoms with Crippen LogP contribution in [-0.4, -0.2) is 46.5 Å². The Morgan fingerprint density at radius 3 is 2.41 bits per heavy atom. The Morgan fingerprint density at radius 2 is 1.76 bits per heavy atom. The molecule has 0 spiro atoms. The molecule has 2 saturated heterocycles. The van der Waals surface area contributed by atoms with Crippen LogP contribution in [0.25, 0.3) is 6.08 Å². The third-order valence-corrected chi connectivity index (χ3v) is 8.36. The van der Waals surface area contributed by atoms with Crippen LogP contribution in [0.1, 0.15) is 30.9 Å². The molecule has 2 fully saturated rings. The standard InChI is InChI=1S/C25H24I2N2O4S/c1-16-7-9-28(10-8-16)22(30)14-29-24(31)21(34-25(29)32)13-18-11-19(26)23(20(27)12-18)33-15-17-5-3-2-4-6-17/h2-6,11-13,16H,7-10,14-15H2,1H3/b21-13+. The molecule has 0 aliphatic carbocycles. The monoisotopic (exact) mass is 702 g/mol. The Bertz CT molecular complexity index is 1110. The lowest BCUT2D eigenvalue weighted by molar-refractivity contribution is -0.136. The number of amides is 3. The minimum Gasteiger partial charge on any atom is -0.487 e. The molecule has 3 amide bonds. The minimum atomic E-state index is -0.414. The third-order valence-electron chi connectivity index (χ3n) is 5.85. The van der Waals surface area contributed by atoms with Gasteiger partial charge in [-0.15, -0.1) is 0 Å². The zero-order valence-corrected chi connectivity index (χ0v) is 23.8. The summed E-state index contributed by atoms with van der Waals surface area (Å²) in [4.78, 5) is 41.2. The summed E-state index contributed by atoms with van der Waals surface area (Å²) in [6.45, 7) is 3.81. The van der Waals surface area contributed by atoms with Crippen molar-refractivity contribution < 1.29 is 19.1 Å². The normalized spacial score (nSPS) is 18.1. The van der Waals surface area contributed by atoms with Crippen LogP contribution >= 0.6 is 56.9 Å². The van der Waals surface area contributed by atoms with Crippen molar-refractivity contribution >= 4 is 80.1 Å². The average Bonchev–Trinajstić information content (AvgIpc) is 3.07. The van der Waals surface area contributed by atoms with Gasteiger partial charge in [0.05, 0.1) is 12.0 Å². The number of carbonyl (C=O) groups excluding carboxylic acids is 3. The topological polar surface area (TPSA) is 66.9 Å². The van der Waals surface area contributed by atoms with Gasteiger partial charge in [0, 0.05) is 13.1 Å². The molecule has 6 nitrogen and oxygen atoms in total. The van der Waals surface area contributed by atoms with Gasteiger partial charge in [0.15, 0.2) is 0 Å². The number of thioether (sulfide) groups is 1. The highest BCUT2D eigenvalue weighted by Crippen LogP contribution is 2.35. The summed E-state index contributed by atoms with van der Waals surface area (Å²) in [6, 6.07) is 13.8. The quantitative estimate of drug-likeness (QED) is 0.283. The molecule has 9 heteroatoms. The fraction of sp³-hybridized carbons (Fsp3) is 0.320. The number of imide groups is 1. The van der Waals surface area contributed by atoms with Gasteiger partial charge in [-0.2, -0.15) is 0 Å². The van der Waals surface area contributed by atoms with Gasteiger partial charge in [0.25, 0.3) is 11.1 Å². The van der Waals surface area contributed by atoms with Gasteiger partial charge >= 0.3 is 0 Å². The van der Waals surface area contributed by atoms with Crippen molar-refractivity contribution in [2.24, 2.45) is 5.92 Å². The van der Waals surface area contributed by atoms with E-state index in [4.69, 9.17) is 4.74 Å². The summed E-state index contributed by atoms with van der Waals surface area (Å²) in [5, 5.41) is -0.401. The van der Waals surface area contributed by atoms with E-state index in [9.17, 15) is 14.4 Å². The van der Waals surface area contributed by atoms with Gasteiger partial charge in [-0.05, 0) is 105 Å². The SMILES string of the molecule is CC1CCN(C(=O)CN2C(=O)S/C(=C/c3cc(I)c(OCc4ccccc4)c(I)c3)C2=O)CC1. The van der Waals surface area contributed by atoms with E-state index in [1.54, 1.807) is 11.0 Å². The maximum atomic E-state index is 12.9. The van der Waals surface area contributed by atoms with Crippen molar-refractivity contribution in [1.29, 1.82) is 0 Å². The number of piperidine rings is 1. The van der Waals surface area contributed by atoms with Crippen LogP contribution in [0.15, 0.2) is 47.4 Å². The van der Waals surface area contributed by atoms with Crippen molar-refractivity contribution in [3.05, 3.63) is 65.6 Å². The smallest absolute Gasteiger partial charge is 0.294 e. The van der Waals surface area contributed by atoms with Crippen molar-refractivity contribution in [2.45, 2.75) is 26.4 Å². The summed E-state index contributed by atoms with van der Waals surface area (Å²) in [5.74, 6) is 0.810. The van der Waals surface area contributed by atoms with Gasteiger partial charge in [-0.3, -0.25) is 19.3 Å². The number of likely N-dealkylation sites (tertiary alicyclic amines) is 1. The molecule has 2 aliphatic heterocycles. The maximum absolute atomic E-state index is 12.9. The van der Waals surface area contributed by atoms with Gasteiger partial charge in [0.2, 0.25) is 5.91 Å². The first-order valence-corrected chi connectivity index (χ1v) is 14.0. The molecular weight excluding hydrogens is 678 g/mol. The number of benzene rings is 2. The Labute approximate surface area is 230 Å². The summed E-state index contributed by atoms with van der Waals surface area (Å²) >= 11 is 5.32. The molecule has 0 atom stereocenters. The Balaban J connectivity index is 1.43. The number of ether oxygens (including phenoxy) is 1. The summed E-state index contributed by atoms with van der Waals surface area (Å²) in [7, 11) is 0. The third kappa shape index (κ3) is 6.14. The molecule has 34 heavy (non-hydrogen) atoms. The molecule has 2 aromatic carbocycles. The molecule has 178 valence electrons. The molecule has 2 aliphatic rings. The first kappa shape index (κ1) is 25.5. The van der Waals surface area contributed by atoms with Gasteiger partial charge in [-0.1, -0.05) is 37.3 Å². The van der Waals surface area contributed by atoms with E-state index in [0.717, 1.165) is 53.5 Å². The zero-order valence-electron chi connectivity index (χ0n) is 18.6. The van der Waals surface area contributed by atoms with E-state index in [-0.39, 0.29) is 12.5 Å². The predicted octanol–water partition coefficient (Wildman–Crippen LogP) is 5.77. The number of hydrogen-bond acceptors (Lipinski definition) is 5. The highest BCUT2D eigenvalue weighted by Gasteiger charge is 2.37. The molecule has 0 N–H and O–H groups in total. The second-order valence-corrected chi connectivity index (χ2v) is 11.7. The van der Waals surface area contributed by atoms with E-state index in [1.165, 1.54) is 0 Å². The lowest BCUT2D eigenvalue weighted by Crippen LogP contribution is -2.45. The van der Waals surface area contributed by atoms with Gasteiger partial charge < -0.3 is 9.64 Å². The molecule has 0 bridgehead atoms. The largest absolute Gasteiger partial charge is 0.487 e. The molecule has 2 heterocycles. The van der Waals surface area contributed by atoms with Crippen molar-refractivity contribution in [3.8, 4) is 5.75 Å². The molecule has 2 aromatic rings. The summed E-state index contributed by atoms with van der Waals surface area (Å²) in [6.07, 6.45) is 3.62. The van der Waals surface area contributed by atoms with Crippen LogP contribution in [-0.2, 0) is 16.2 Å². The zero-order chi connectivity index (χ0) is 24.2. The van der Waals surface area contributed by atoms with Crippen LogP contribution in [0.2, 0.25) is 0 Å². The van der Waals surface area contributed by atoms with Gasteiger partial charge in [0.1, 0.15) is 18.9 Å². The first-order chi connectivity index (χ1) is 16.3. The average molecular weight is 702 g/mol. The fourth-order valence-corrected chi connectivity index (χ4v) is 6.78. The van der Waals surface area contributed by atoms with Crippen LogP contribution in [0.5, 0.6) is 5.75 Å². The van der Waals surface area contributed by atoms with Crippen LogP contribution in [0, 0.1) is 13.1 Å². The second kappa shape index (κ2) is 11.4. The van der Waals surface area contributed by atoms with Crippen LogP contribution in [0.3, 0.4) is 0 Å². The van der Waals surface area contributed by atoms with Gasteiger partial charge in [-0.25, -0.2) is 0 Å². The summed E-state index contributed by atoms with van der Waals surface area (Å²) < 4.78 is 7.86. The van der Waals surface area contributed by atoms with Crippen molar-refractivity contribution in [3.63, 3.8) is 0 Å². The number of halogens is 2. The summed E-state index contributed by atoms with van der Waals surface area (Å²) in [5.41, 5.74) is 1.89. The molecule has 4 rings (SSSR count). The molecule has 0 radical (unpaired) electrons. The molecule has 0 saturated carbocycles. The highest BCUT2D eigenvalue weighted by molar-refractivity contribution is 14.1. The predicted molar refractivity (Wildman–Crippen MR) is 150 cm³/mol. The minimum absolute atomic E-state index is 0.167.